The molecule has 0 N–H and O–H groups in total. The molecule has 0 amide bonds. The van der Waals surface area contributed by atoms with E-state index >= 15 is 0 Å². The Morgan fingerprint density at radius 3 is 2.33 bits per heavy atom. The number of hydrogen-bond donors (Lipinski definition) is 0. The monoisotopic (exact) mass is 222 g/mol. The van der Waals surface area contributed by atoms with Gasteiger partial charge >= 0.3 is 0 Å². The second-order valence-corrected chi connectivity index (χ2v) is 4.94. The van der Waals surface area contributed by atoms with Crippen LogP contribution >= 0.6 is 0 Å². The first-order valence-corrected chi connectivity index (χ1v) is 5.87. The Bertz CT molecular complexity index is 558. The van der Waals surface area contributed by atoms with Crippen LogP contribution in [0, 0.1) is 6.92 Å². The van der Waals surface area contributed by atoms with Crippen molar-refractivity contribution in [1.29, 1.82) is 0 Å². The van der Waals surface area contributed by atoms with Gasteiger partial charge < -0.3 is 0 Å². The standard InChI is InChI=1S/C10H10N2O2S/c1-9-7-8-12(11-9)15(13,14)10-5-3-2-4-6-10/h2-8H,1H3. The molecule has 4 nitrogen and oxygen atoms in total. The first-order valence-electron chi connectivity index (χ1n) is 4.43. The molecule has 5 heteroatoms. The van der Waals surface area contributed by atoms with Crippen LogP contribution in [-0.2, 0) is 10.0 Å². The number of rotatable bonds is 2. The van der Waals surface area contributed by atoms with Gasteiger partial charge in [0.25, 0.3) is 10.0 Å². The fourth-order valence-corrected chi connectivity index (χ4v) is 2.40. The van der Waals surface area contributed by atoms with E-state index in [0.29, 0.717) is 5.69 Å². The summed E-state index contributed by atoms with van der Waals surface area (Å²) in [6.07, 6.45) is 1.44. The van der Waals surface area contributed by atoms with Crippen molar-refractivity contribution < 1.29 is 8.42 Å². The summed E-state index contributed by atoms with van der Waals surface area (Å²) in [5.41, 5.74) is 0.675. The predicted molar refractivity (Wildman–Crippen MR) is 56.0 cm³/mol. The smallest absolute Gasteiger partial charge is 0.199 e. The van der Waals surface area contributed by atoms with Crippen molar-refractivity contribution in [3.8, 4) is 0 Å². The van der Waals surface area contributed by atoms with Gasteiger partial charge in [-0.05, 0) is 25.1 Å². The largest absolute Gasteiger partial charge is 0.282 e. The van der Waals surface area contributed by atoms with E-state index in [4.69, 9.17) is 0 Å². The summed E-state index contributed by atoms with van der Waals surface area (Å²) in [5.74, 6) is 0. The Morgan fingerprint density at radius 2 is 1.80 bits per heavy atom. The zero-order valence-corrected chi connectivity index (χ0v) is 8.98. The molecule has 0 atom stereocenters. The highest BCUT2D eigenvalue weighted by Crippen LogP contribution is 2.11. The molecule has 0 aliphatic rings. The van der Waals surface area contributed by atoms with Gasteiger partial charge in [-0.2, -0.15) is 17.6 Å². The van der Waals surface area contributed by atoms with E-state index in [1.165, 1.54) is 6.20 Å². The lowest BCUT2D eigenvalue weighted by atomic mass is 10.4. The van der Waals surface area contributed by atoms with E-state index in [2.05, 4.69) is 5.10 Å². The average molecular weight is 222 g/mol. The van der Waals surface area contributed by atoms with Gasteiger partial charge in [-0.1, -0.05) is 18.2 Å². The van der Waals surface area contributed by atoms with Gasteiger partial charge in [-0.15, -0.1) is 0 Å². The van der Waals surface area contributed by atoms with Crippen molar-refractivity contribution in [1.82, 2.24) is 9.19 Å². The third kappa shape index (κ3) is 1.78. The van der Waals surface area contributed by atoms with Crippen molar-refractivity contribution in [3.63, 3.8) is 0 Å². The molecule has 0 bridgehead atoms. The average Bonchev–Trinajstić information content (AvgIpc) is 2.67. The van der Waals surface area contributed by atoms with E-state index in [-0.39, 0.29) is 4.90 Å². The molecule has 1 aromatic heterocycles. The minimum absolute atomic E-state index is 0.244. The van der Waals surface area contributed by atoms with E-state index in [1.807, 2.05) is 0 Å². The molecule has 0 aliphatic carbocycles. The highest BCUT2D eigenvalue weighted by Gasteiger charge is 2.16. The summed E-state index contributed by atoms with van der Waals surface area (Å²) in [6, 6.07) is 9.89. The van der Waals surface area contributed by atoms with E-state index < -0.39 is 10.0 Å². The Kier molecular flexibility index (Phi) is 2.32. The first kappa shape index (κ1) is 9.92. The van der Waals surface area contributed by atoms with Crippen molar-refractivity contribution in [3.05, 3.63) is 48.3 Å². The molecule has 15 heavy (non-hydrogen) atoms. The Labute approximate surface area is 88.2 Å². The number of benzene rings is 1. The number of aryl methyl sites for hydroxylation is 1. The molecular weight excluding hydrogens is 212 g/mol. The number of aromatic nitrogens is 2. The molecule has 0 fully saturated rings. The summed E-state index contributed by atoms with van der Waals surface area (Å²) < 4.78 is 24.9. The zero-order chi connectivity index (χ0) is 10.9. The van der Waals surface area contributed by atoms with Gasteiger partial charge in [0, 0.05) is 6.20 Å². The number of hydrogen-bond acceptors (Lipinski definition) is 3. The van der Waals surface area contributed by atoms with Crippen molar-refractivity contribution in [2.45, 2.75) is 11.8 Å². The van der Waals surface area contributed by atoms with Crippen LogP contribution in [0.5, 0.6) is 0 Å². The predicted octanol–water partition coefficient (Wildman–Crippen LogP) is 1.43. The van der Waals surface area contributed by atoms with Crippen molar-refractivity contribution >= 4 is 10.0 Å². The van der Waals surface area contributed by atoms with Gasteiger partial charge in [-0.3, -0.25) is 0 Å². The van der Waals surface area contributed by atoms with Crippen LogP contribution < -0.4 is 0 Å². The lowest BCUT2D eigenvalue weighted by Gasteiger charge is -2.02. The molecule has 0 unspecified atom stereocenters. The molecule has 0 aliphatic heterocycles. The normalized spacial score (nSPS) is 11.5. The molecule has 0 spiro atoms. The first-order chi connectivity index (χ1) is 7.10. The van der Waals surface area contributed by atoms with Crippen LogP contribution in [0.3, 0.4) is 0 Å². The van der Waals surface area contributed by atoms with Crippen LogP contribution in [0.25, 0.3) is 0 Å². The maximum Gasteiger partial charge on any atom is 0.282 e. The summed E-state index contributed by atoms with van der Waals surface area (Å²) in [4.78, 5) is 0.244. The summed E-state index contributed by atoms with van der Waals surface area (Å²) in [5, 5.41) is 3.89. The molecule has 2 rings (SSSR count). The SMILES string of the molecule is Cc1ccn(S(=O)(=O)c2ccccc2)n1. The Morgan fingerprint density at radius 1 is 1.13 bits per heavy atom. The van der Waals surface area contributed by atoms with E-state index in [9.17, 15) is 8.42 Å². The van der Waals surface area contributed by atoms with Crippen LogP contribution in [0.2, 0.25) is 0 Å². The topological polar surface area (TPSA) is 52.0 Å². The third-order valence-corrected chi connectivity index (χ3v) is 3.55. The lowest BCUT2D eigenvalue weighted by Crippen LogP contribution is -2.13. The van der Waals surface area contributed by atoms with E-state index in [1.54, 1.807) is 43.3 Å². The Balaban J connectivity index is 2.54. The minimum atomic E-state index is -3.51. The van der Waals surface area contributed by atoms with Crippen LogP contribution in [0.1, 0.15) is 5.69 Å². The molecule has 0 saturated carbocycles. The minimum Gasteiger partial charge on any atom is -0.199 e. The molecule has 78 valence electrons. The van der Waals surface area contributed by atoms with Gasteiger partial charge in [-0.25, -0.2) is 0 Å². The second-order valence-electron chi connectivity index (χ2n) is 3.15. The third-order valence-electron chi connectivity index (χ3n) is 1.99. The highest BCUT2D eigenvalue weighted by atomic mass is 32.2. The molecule has 1 heterocycles. The van der Waals surface area contributed by atoms with Crippen LogP contribution in [0.4, 0.5) is 0 Å². The fourth-order valence-electron chi connectivity index (χ4n) is 1.23. The van der Waals surface area contributed by atoms with Crippen molar-refractivity contribution in [2.24, 2.45) is 0 Å². The second kappa shape index (κ2) is 3.51. The molecule has 0 radical (unpaired) electrons. The zero-order valence-electron chi connectivity index (χ0n) is 8.16. The molecule has 0 saturated heterocycles. The van der Waals surface area contributed by atoms with Gasteiger partial charge in [0.1, 0.15) is 0 Å². The maximum atomic E-state index is 11.9. The molecule has 1 aromatic carbocycles. The van der Waals surface area contributed by atoms with Gasteiger partial charge in [0.2, 0.25) is 0 Å². The quantitative estimate of drug-likeness (QED) is 0.772. The summed E-state index contributed by atoms with van der Waals surface area (Å²) in [7, 11) is -3.51. The van der Waals surface area contributed by atoms with E-state index in [0.717, 1.165) is 4.09 Å². The van der Waals surface area contributed by atoms with Gasteiger partial charge in [0.05, 0.1) is 10.6 Å². The molecule has 2 aromatic rings. The fraction of sp³-hybridized carbons (Fsp3) is 0.100. The number of nitrogens with zero attached hydrogens (tertiary/aromatic N) is 2. The summed E-state index contributed by atoms with van der Waals surface area (Å²) in [6.45, 7) is 1.75. The lowest BCUT2D eigenvalue weighted by molar-refractivity contribution is 0.579. The van der Waals surface area contributed by atoms with Crippen LogP contribution in [0.15, 0.2) is 47.5 Å². The Hall–Kier alpha value is -1.62. The van der Waals surface area contributed by atoms with Crippen LogP contribution in [-0.4, -0.2) is 17.6 Å². The van der Waals surface area contributed by atoms with Gasteiger partial charge in [0.15, 0.2) is 0 Å². The van der Waals surface area contributed by atoms with Crippen molar-refractivity contribution in [2.75, 3.05) is 0 Å². The maximum absolute atomic E-state index is 11.9. The molecular formula is C10H10N2O2S. The highest BCUT2D eigenvalue weighted by molar-refractivity contribution is 7.89. The summed E-state index contributed by atoms with van der Waals surface area (Å²) >= 11 is 0.